The number of hydrogen-bond acceptors (Lipinski definition) is 5. The molecule has 2 heterocycles. The molecule has 11 heteroatoms. The van der Waals surface area contributed by atoms with Gasteiger partial charge in [0.1, 0.15) is 4.90 Å². The quantitative estimate of drug-likeness (QED) is 0.380. The number of fused-ring (bicyclic) bond motifs is 1. The van der Waals surface area contributed by atoms with Gasteiger partial charge in [-0.05, 0) is 91.8 Å². The van der Waals surface area contributed by atoms with Crippen LogP contribution in [0.1, 0.15) is 54.8 Å². The van der Waals surface area contributed by atoms with E-state index in [9.17, 15) is 22.0 Å². The highest BCUT2D eigenvalue weighted by atomic mass is 32.2. The number of amides is 2. The Morgan fingerprint density at radius 1 is 1.13 bits per heavy atom. The third-order valence-corrected chi connectivity index (χ3v) is 8.86. The maximum absolute atomic E-state index is 13.1. The van der Waals surface area contributed by atoms with Gasteiger partial charge in [0.2, 0.25) is 5.88 Å². The van der Waals surface area contributed by atoms with Gasteiger partial charge in [0.25, 0.3) is 16.1 Å². The van der Waals surface area contributed by atoms with Gasteiger partial charge in [-0.1, -0.05) is 6.07 Å². The fourth-order valence-electron chi connectivity index (χ4n) is 5.62. The predicted octanol–water partition coefficient (Wildman–Crippen LogP) is 6.13. The highest BCUT2D eigenvalue weighted by Crippen LogP contribution is 2.41. The van der Waals surface area contributed by atoms with Gasteiger partial charge in [0.15, 0.2) is 0 Å². The number of nitrogens with one attached hydrogen (secondary N) is 2. The van der Waals surface area contributed by atoms with Crippen LogP contribution in [0.25, 0.3) is 11.1 Å². The molecule has 0 aliphatic heterocycles. The molecule has 8 nitrogen and oxygen atoms in total. The minimum Gasteiger partial charge on any atom is -0.481 e. The Morgan fingerprint density at radius 2 is 1.90 bits per heavy atom. The number of anilines is 1. The van der Waals surface area contributed by atoms with Crippen LogP contribution >= 0.6 is 0 Å². The van der Waals surface area contributed by atoms with Crippen molar-refractivity contribution in [1.29, 1.82) is 0 Å². The lowest BCUT2D eigenvalue weighted by molar-refractivity contribution is 0.256. The third-order valence-electron chi connectivity index (χ3n) is 7.54. The van der Waals surface area contributed by atoms with Crippen LogP contribution in [0.2, 0.25) is 0 Å². The minimum atomic E-state index is -4.18. The van der Waals surface area contributed by atoms with Crippen LogP contribution in [0.15, 0.2) is 59.4 Å². The van der Waals surface area contributed by atoms with Gasteiger partial charge < -0.3 is 14.6 Å². The lowest BCUT2D eigenvalue weighted by atomic mass is 9.91. The number of carbonyl (C=O) groups is 1. The largest absolute Gasteiger partial charge is 0.481 e. The van der Waals surface area contributed by atoms with E-state index in [1.54, 1.807) is 23.0 Å². The predicted molar refractivity (Wildman–Crippen MR) is 144 cm³/mol. The number of ether oxygens (including phenoxy) is 1. The molecule has 0 spiro atoms. The molecule has 0 unspecified atom stereocenters. The van der Waals surface area contributed by atoms with Crippen LogP contribution in [-0.4, -0.2) is 31.1 Å². The summed E-state index contributed by atoms with van der Waals surface area (Å²) in [7, 11) is -2.65. The second-order valence-corrected chi connectivity index (χ2v) is 11.7. The van der Waals surface area contributed by atoms with Gasteiger partial charge >= 0.3 is 6.03 Å². The summed E-state index contributed by atoms with van der Waals surface area (Å²) < 4.78 is 61.1. The molecule has 0 bridgehead atoms. The number of hydrogen-bond donors (Lipinski definition) is 2. The summed E-state index contributed by atoms with van der Waals surface area (Å²) in [4.78, 5) is 17.2. The van der Waals surface area contributed by atoms with Gasteiger partial charge in [-0.2, -0.15) is 8.78 Å². The average Bonchev–Trinajstić information content (AvgIpc) is 3.59. The first kappa shape index (κ1) is 26.9. The van der Waals surface area contributed by atoms with Crippen molar-refractivity contribution in [2.24, 2.45) is 0 Å². The molecule has 1 fully saturated rings. The Labute approximate surface area is 226 Å². The van der Waals surface area contributed by atoms with Gasteiger partial charge in [0.05, 0.1) is 12.8 Å². The van der Waals surface area contributed by atoms with Crippen LogP contribution in [-0.2, 0) is 22.9 Å². The standard InChI is InChI=1S/C28H30F2N4O4S/c1-17-14-19-4-3-5-23(19)26(25(17)20-10-12-31-24(15-20)38-2)32-28(35)33-39(36,37)22-11-13-34(16-22)21-8-6-18(7-9-21)27(29)30/h10-16,21H,3-9H2,1-2H3,(H2,32,33,35). The maximum atomic E-state index is 13.1. The van der Waals surface area contributed by atoms with Crippen molar-refractivity contribution in [3.05, 3.63) is 71.2 Å². The Morgan fingerprint density at radius 3 is 2.62 bits per heavy atom. The SMILES string of the molecule is COc1cc(-c2c(C)cc3c(c2NC(=O)NS(=O)(=O)c2ccn(C4CCC(=C(F)F)CC4)c2)CCC3)ccn1. The molecule has 206 valence electrons. The van der Waals surface area contributed by atoms with Crippen LogP contribution < -0.4 is 14.8 Å². The molecule has 0 radical (unpaired) electrons. The van der Waals surface area contributed by atoms with Gasteiger partial charge in [-0.25, -0.2) is 22.9 Å². The first-order valence-electron chi connectivity index (χ1n) is 12.9. The van der Waals surface area contributed by atoms with Crippen molar-refractivity contribution in [3.8, 4) is 17.0 Å². The van der Waals surface area contributed by atoms with E-state index in [0.29, 0.717) is 24.4 Å². The first-order chi connectivity index (χ1) is 18.7. The zero-order chi connectivity index (χ0) is 27.7. The number of aromatic nitrogens is 2. The number of allylic oxidation sites excluding steroid dienone is 1. The van der Waals surface area contributed by atoms with Crippen molar-refractivity contribution in [2.75, 3.05) is 12.4 Å². The number of halogens is 2. The normalized spacial score (nSPS) is 17.0. The first-order valence-corrected chi connectivity index (χ1v) is 14.3. The Balaban J connectivity index is 1.37. The van der Waals surface area contributed by atoms with Gasteiger partial charge in [-0.3, -0.25) is 0 Å². The number of nitrogens with zero attached hydrogens (tertiary/aromatic N) is 2. The van der Waals surface area contributed by atoms with Crippen molar-refractivity contribution in [3.63, 3.8) is 0 Å². The number of methoxy groups -OCH3 is 1. The molecule has 2 aliphatic carbocycles. The highest BCUT2D eigenvalue weighted by Gasteiger charge is 2.26. The van der Waals surface area contributed by atoms with Gasteiger partial charge in [0, 0.05) is 36.3 Å². The summed E-state index contributed by atoms with van der Waals surface area (Å²) in [5.74, 6) is 0.426. The second-order valence-electron chi connectivity index (χ2n) is 9.97. The molecule has 2 aliphatic rings. The lowest BCUT2D eigenvalue weighted by Gasteiger charge is -2.24. The zero-order valence-electron chi connectivity index (χ0n) is 21.8. The van der Waals surface area contributed by atoms with Crippen LogP contribution in [0.5, 0.6) is 5.88 Å². The molecular formula is C28H30F2N4O4S. The number of benzene rings is 1. The lowest BCUT2D eigenvalue weighted by Crippen LogP contribution is -2.34. The molecule has 1 saturated carbocycles. The summed E-state index contributed by atoms with van der Waals surface area (Å²) in [5.41, 5.74) is 5.38. The number of pyridine rings is 1. The van der Waals surface area contributed by atoms with E-state index in [-0.39, 0.29) is 29.4 Å². The molecule has 2 aromatic heterocycles. The molecular weight excluding hydrogens is 526 g/mol. The smallest absolute Gasteiger partial charge is 0.333 e. The molecule has 0 atom stereocenters. The van der Waals surface area contributed by atoms with E-state index in [1.807, 2.05) is 13.0 Å². The Bertz CT molecular complexity index is 1550. The topological polar surface area (TPSA) is 102 Å². The van der Waals surface area contributed by atoms with E-state index < -0.39 is 22.1 Å². The van der Waals surface area contributed by atoms with E-state index in [1.165, 1.54) is 19.4 Å². The maximum Gasteiger partial charge on any atom is 0.333 e. The highest BCUT2D eigenvalue weighted by molar-refractivity contribution is 7.90. The summed E-state index contributed by atoms with van der Waals surface area (Å²) in [5, 5.41) is 2.83. The van der Waals surface area contributed by atoms with Crippen LogP contribution in [0.4, 0.5) is 19.3 Å². The summed E-state index contributed by atoms with van der Waals surface area (Å²) in [6, 6.07) is 6.17. The molecule has 2 amide bonds. The molecule has 3 aromatic rings. The van der Waals surface area contributed by atoms with E-state index in [0.717, 1.165) is 47.1 Å². The summed E-state index contributed by atoms with van der Waals surface area (Å²) in [6.07, 6.45) is 7.19. The van der Waals surface area contributed by atoms with E-state index >= 15 is 0 Å². The fraction of sp³-hybridized carbons (Fsp3) is 0.357. The molecule has 2 N–H and O–H groups in total. The van der Waals surface area contributed by atoms with E-state index in [4.69, 9.17) is 4.74 Å². The van der Waals surface area contributed by atoms with E-state index in [2.05, 4.69) is 21.1 Å². The van der Waals surface area contributed by atoms with Crippen molar-refractivity contribution >= 4 is 21.7 Å². The van der Waals surface area contributed by atoms with Crippen LogP contribution in [0, 0.1) is 6.92 Å². The average molecular weight is 557 g/mol. The van der Waals surface area contributed by atoms with Crippen molar-refractivity contribution in [1.82, 2.24) is 14.3 Å². The van der Waals surface area contributed by atoms with Crippen molar-refractivity contribution < 1.29 is 26.7 Å². The molecule has 1 aromatic carbocycles. The number of urea groups is 1. The monoisotopic (exact) mass is 556 g/mol. The summed E-state index contributed by atoms with van der Waals surface area (Å²) >= 11 is 0. The Kier molecular flexibility index (Phi) is 7.44. The zero-order valence-corrected chi connectivity index (χ0v) is 22.6. The fourth-order valence-corrected chi connectivity index (χ4v) is 6.53. The second kappa shape index (κ2) is 10.8. The molecule has 0 saturated heterocycles. The molecule has 5 rings (SSSR count). The van der Waals surface area contributed by atoms with Crippen molar-refractivity contribution in [2.45, 2.75) is 62.8 Å². The number of aryl methyl sites for hydroxylation is 2. The van der Waals surface area contributed by atoms with Gasteiger partial charge in [-0.15, -0.1) is 0 Å². The third kappa shape index (κ3) is 5.54. The molecule has 39 heavy (non-hydrogen) atoms. The summed E-state index contributed by atoms with van der Waals surface area (Å²) in [6.45, 7) is 1.95. The Hall–Kier alpha value is -3.73. The van der Waals surface area contributed by atoms with Crippen LogP contribution in [0.3, 0.4) is 0 Å². The minimum absolute atomic E-state index is 0.0655. The number of sulfonamides is 1. The number of carbonyl (C=O) groups excluding carboxylic acids is 1. The number of rotatable bonds is 6.